The minimum atomic E-state index is -4.76. The van der Waals surface area contributed by atoms with Crippen LogP contribution in [0.1, 0.15) is 12.5 Å². The number of ketones is 1. The minimum absolute atomic E-state index is 0.173. The summed E-state index contributed by atoms with van der Waals surface area (Å²) in [5.74, 6) is -0.610. The van der Waals surface area contributed by atoms with Crippen molar-refractivity contribution >= 4 is 27.8 Å². The highest BCUT2D eigenvalue weighted by Gasteiger charge is 2.31. The zero-order valence-corrected chi connectivity index (χ0v) is 10.3. The normalized spacial score (nSPS) is 11.8. The third-order valence-corrected chi connectivity index (χ3v) is 2.19. The molecule has 0 unspecified atom stereocenters. The van der Waals surface area contributed by atoms with Crippen LogP contribution in [-0.2, 0) is 4.79 Å². The lowest BCUT2D eigenvalue weighted by molar-refractivity contribution is -0.274. The average Bonchev–Trinajstić information content (AvgIpc) is 2.16. The van der Waals surface area contributed by atoms with Gasteiger partial charge in [0.05, 0.1) is 0 Å². The Bertz CT molecular complexity index is 453. The third kappa shape index (κ3) is 5.04. The van der Waals surface area contributed by atoms with Crippen LogP contribution < -0.4 is 4.74 Å². The smallest absolute Gasteiger partial charge is 0.405 e. The number of carbonyl (C=O) groups is 1. The largest absolute Gasteiger partial charge is 0.573 e. The second-order valence-electron chi connectivity index (χ2n) is 3.17. The van der Waals surface area contributed by atoms with Gasteiger partial charge in [-0.3, -0.25) is 4.79 Å². The van der Waals surface area contributed by atoms with E-state index in [4.69, 9.17) is 0 Å². The van der Waals surface area contributed by atoms with Crippen molar-refractivity contribution in [1.82, 2.24) is 0 Å². The summed E-state index contributed by atoms with van der Waals surface area (Å²) >= 11 is 3.13. The van der Waals surface area contributed by atoms with Crippen LogP contribution in [0.4, 0.5) is 13.2 Å². The van der Waals surface area contributed by atoms with Gasteiger partial charge in [0.25, 0.3) is 0 Å². The quantitative estimate of drug-likeness (QED) is 0.790. The number of halogens is 4. The Balaban J connectivity index is 3.08. The summed E-state index contributed by atoms with van der Waals surface area (Å²) in [6, 6.07) is 4.03. The van der Waals surface area contributed by atoms with Crippen LogP contribution in [0.15, 0.2) is 28.7 Å². The molecular weight excluding hydrogens is 301 g/mol. The molecule has 1 aromatic carbocycles. The van der Waals surface area contributed by atoms with Crippen LogP contribution in [-0.4, -0.2) is 12.1 Å². The summed E-state index contributed by atoms with van der Waals surface area (Å²) in [7, 11) is 0. The van der Waals surface area contributed by atoms with Gasteiger partial charge < -0.3 is 4.74 Å². The molecule has 0 saturated carbocycles. The fraction of sp³-hybridized carbons (Fsp3) is 0.182. The Hall–Kier alpha value is -1.30. The zero-order chi connectivity index (χ0) is 13.1. The molecule has 1 rings (SSSR count). The molecule has 0 aliphatic rings. The summed E-state index contributed by atoms with van der Waals surface area (Å²) in [6.07, 6.45) is -2.31. The maximum atomic E-state index is 12.1. The summed E-state index contributed by atoms with van der Waals surface area (Å²) in [6.45, 7) is 1.30. The van der Waals surface area contributed by atoms with Crippen LogP contribution >= 0.6 is 15.9 Å². The van der Waals surface area contributed by atoms with E-state index in [1.807, 2.05) is 0 Å². The van der Waals surface area contributed by atoms with E-state index in [1.165, 1.54) is 37.3 Å². The lowest BCUT2D eigenvalue weighted by atomic mass is 10.2. The van der Waals surface area contributed by atoms with E-state index in [9.17, 15) is 18.0 Å². The Kier molecular flexibility index (Phi) is 4.34. The Labute approximate surface area is 104 Å². The summed E-state index contributed by atoms with van der Waals surface area (Å²) in [5.41, 5.74) is 0.173. The van der Waals surface area contributed by atoms with Gasteiger partial charge in [-0.15, -0.1) is 13.2 Å². The number of benzene rings is 1. The van der Waals surface area contributed by atoms with Gasteiger partial charge in [0.15, 0.2) is 5.78 Å². The molecule has 0 N–H and O–H groups in total. The van der Waals surface area contributed by atoms with E-state index in [1.54, 1.807) is 0 Å². The zero-order valence-electron chi connectivity index (χ0n) is 8.72. The average molecular weight is 309 g/mol. The van der Waals surface area contributed by atoms with Crippen molar-refractivity contribution in [3.05, 3.63) is 34.3 Å². The molecule has 0 radical (unpaired) electrons. The molecule has 6 heteroatoms. The van der Waals surface area contributed by atoms with Crippen molar-refractivity contribution in [3.8, 4) is 5.75 Å². The molecule has 17 heavy (non-hydrogen) atoms. The number of ether oxygens (including phenoxy) is 1. The summed E-state index contributed by atoms with van der Waals surface area (Å²) in [4.78, 5) is 10.7. The van der Waals surface area contributed by atoms with Crippen LogP contribution in [0.5, 0.6) is 5.75 Å². The van der Waals surface area contributed by atoms with Gasteiger partial charge in [-0.25, -0.2) is 0 Å². The van der Waals surface area contributed by atoms with Gasteiger partial charge in [0, 0.05) is 10.0 Å². The SMILES string of the molecule is CC(=O)/C=C/c1cc(Br)ccc1OC(F)(F)F. The van der Waals surface area contributed by atoms with E-state index in [2.05, 4.69) is 20.7 Å². The highest BCUT2D eigenvalue weighted by molar-refractivity contribution is 9.10. The van der Waals surface area contributed by atoms with Gasteiger partial charge in [-0.1, -0.05) is 15.9 Å². The van der Waals surface area contributed by atoms with E-state index in [-0.39, 0.29) is 17.1 Å². The summed E-state index contributed by atoms with van der Waals surface area (Å²) < 4.78 is 40.7. The van der Waals surface area contributed by atoms with Gasteiger partial charge in [-0.05, 0) is 37.3 Å². The molecule has 2 nitrogen and oxygen atoms in total. The van der Waals surface area contributed by atoms with Gasteiger partial charge >= 0.3 is 6.36 Å². The second-order valence-corrected chi connectivity index (χ2v) is 4.09. The second kappa shape index (κ2) is 5.35. The maximum Gasteiger partial charge on any atom is 0.573 e. The van der Waals surface area contributed by atoms with Crippen molar-refractivity contribution < 1.29 is 22.7 Å². The molecule has 0 aromatic heterocycles. The summed E-state index contributed by atoms with van der Waals surface area (Å²) in [5, 5.41) is 0. The van der Waals surface area contributed by atoms with Crippen LogP contribution in [0, 0.1) is 0 Å². The predicted molar refractivity (Wildman–Crippen MR) is 60.5 cm³/mol. The number of rotatable bonds is 3. The van der Waals surface area contributed by atoms with Crippen LogP contribution in [0.2, 0.25) is 0 Å². The first kappa shape index (κ1) is 13.8. The first-order valence-corrected chi connectivity index (χ1v) is 5.31. The van der Waals surface area contributed by atoms with Gasteiger partial charge in [0.1, 0.15) is 5.75 Å². The van der Waals surface area contributed by atoms with E-state index in [0.717, 1.165) is 0 Å². The Morgan fingerprint density at radius 3 is 2.59 bits per heavy atom. The lowest BCUT2D eigenvalue weighted by Crippen LogP contribution is -2.17. The topological polar surface area (TPSA) is 26.3 Å². The molecular formula is C11H8BrF3O2. The molecule has 0 aliphatic heterocycles. The molecule has 0 aliphatic carbocycles. The maximum absolute atomic E-state index is 12.1. The number of hydrogen-bond donors (Lipinski definition) is 0. The molecule has 0 atom stereocenters. The number of carbonyl (C=O) groups excluding carboxylic acids is 1. The molecule has 0 bridgehead atoms. The highest BCUT2D eigenvalue weighted by Crippen LogP contribution is 2.29. The molecule has 0 amide bonds. The van der Waals surface area contributed by atoms with E-state index in [0.29, 0.717) is 4.47 Å². The molecule has 0 spiro atoms. The fourth-order valence-electron chi connectivity index (χ4n) is 1.07. The molecule has 0 heterocycles. The van der Waals surface area contributed by atoms with Crippen molar-refractivity contribution in [2.75, 3.05) is 0 Å². The number of alkyl halides is 3. The highest BCUT2D eigenvalue weighted by atomic mass is 79.9. The van der Waals surface area contributed by atoms with E-state index >= 15 is 0 Å². The molecule has 0 fully saturated rings. The van der Waals surface area contributed by atoms with Crippen LogP contribution in [0.25, 0.3) is 6.08 Å². The van der Waals surface area contributed by atoms with Gasteiger partial charge in [0.2, 0.25) is 0 Å². The fourth-order valence-corrected chi connectivity index (χ4v) is 1.45. The number of hydrogen-bond acceptors (Lipinski definition) is 2. The van der Waals surface area contributed by atoms with Crippen molar-refractivity contribution in [2.45, 2.75) is 13.3 Å². The van der Waals surface area contributed by atoms with Crippen LogP contribution in [0.3, 0.4) is 0 Å². The van der Waals surface area contributed by atoms with Crippen molar-refractivity contribution in [1.29, 1.82) is 0 Å². The Morgan fingerprint density at radius 1 is 1.41 bits per heavy atom. The first-order chi connectivity index (χ1) is 7.78. The molecule has 1 aromatic rings. The van der Waals surface area contributed by atoms with Crippen molar-refractivity contribution in [3.63, 3.8) is 0 Å². The monoisotopic (exact) mass is 308 g/mol. The molecule has 0 saturated heterocycles. The lowest BCUT2D eigenvalue weighted by Gasteiger charge is -2.11. The van der Waals surface area contributed by atoms with Gasteiger partial charge in [-0.2, -0.15) is 0 Å². The van der Waals surface area contributed by atoms with E-state index < -0.39 is 6.36 Å². The first-order valence-electron chi connectivity index (χ1n) is 4.52. The van der Waals surface area contributed by atoms with Crippen molar-refractivity contribution in [2.24, 2.45) is 0 Å². The number of allylic oxidation sites excluding steroid dienone is 1. The Morgan fingerprint density at radius 2 is 2.06 bits per heavy atom. The standard InChI is InChI=1S/C11H8BrF3O2/c1-7(16)2-3-8-6-9(12)4-5-10(8)17-11(13,14)15/h2-6H,1H3/b3-2+. The molecule has 92 valence electrons. The third-order valence-electron chi connectivity index (χ3n) is 1.70. The predicted octanol–water partition coefficient (Wildman–Crippen LogP) is 3.95. The minimum Gasteiger partial charge on any atom is -0.405 e.